The van der Waals surface area contributed by atoms with Gasteiger partial charge >= 0.3 is 0 Å². The normalized spacial score (nSPS) is 12.6. The lowest BCUT2D eigenvalue weighted by Crippen LogP contribution is -2.13. The highest BCUT2D eigenvalue weighted by molar-refractivity contribution is 8.01. The SMILES string of the molecule is CNC(C)c1cccc(F)c1Sc1cccs1. The number of rotatable bonds is 4. The average Bonchev–Trinajstić information content (AvgIpc) is 2.83. The van der Waals surface area contributed by atoms with Crippen molar-refractivity contribution in [2.24, 2.45) is 0 Å². The van der Waals surface area contributed by atoms with Crippen LogP contribution in [-0.2, 0) is 0 Å². The smallest absolute Gasteiger partial charge is 0.137 e. The molecule has 1 unspecified atom stereocenters. The molecule has 1 atom stereocenters. The van der Waals surface area contributed by atoms with Gasteiger partial charge in [-0.3, -0.25) is 0 Å². The van der Waals surface area contributed by atoms with Crippen molar-refractivity contribution in [1.29, 1.82) is 0 Å². The lowest BCUT2D eigenvalue weighted by atomic mass is 10.1. The van der Waals surface area contributed by atoms with E-state index in [4.69, 9.17) is 0 Å². The van der Waals surface area contributed by atoms with E-state index < -0.39 is 0 Å². The van der Waals surface area contributed by atoms with Crippen LogP contribution in [0.3, 0.4) is 0 Å². The molecule has 1 aromatic heterocycles. The van der Waals surface area contributed by atoms with Gasteiger partial charge in [-0.1, -0.05) is 30.0 Å². The lowest BCUT2D eigenvalue weighted by molar-refractivity contribution is 0.576. The highest BCUT2D eigenvalue weighted by Crippen LogP contribution is 2.37. The van der Waals surface area contributed by atoms with Crippen LogP contribution in [0, 0.1) is 5.82 Å². The predicted octanol–water partition coefficient (Wildman–Crippen LogP) is 4.32. The van der Waals surface area contributed by atoms with Crippen LogP contribution in [0.25, 0.3) is 0 Å². The van der Waals surface area contributed by atoms with Crippen LogP contribution in [-0.4, -0.2) is 7.05 Å². The Morgan fingerprint density at radius 1 is 1.29 bits per heavy atom. The minimum Gasteiger partial charge on any atom is -0.313 e. The molecule has 0 saturated heterocycles. The summed E-state index contributed by atoms with van der Waals surface area (Å²) < 4.78 is 15.0. The van der Waals surface area contributed by atoms with Crippen molar-refractivity contribution in [3.05, 3.63) is 47.1 Å². The maximum Gasteiger partial charge on any atom is 0.137 e. The second-order valence-corrected chi connectivity index (χ2v) is 5.96. The highest BCUT2D eigenvalue weighted by Gasteiger charge is 2.14. The van der Waals surface area contributed by atoms with E-state index in [1.165, 1.54) is 17.8 Å². The van der Waals surface area contributed by atoms with Crippen LogP contribution < -0.4 is 5.32 Å². The molecule has 1 heterocycles. The molecule has 0 saturated carbocycles. The molecule has 0 aliphatic heterocycles. The van der Waals surface area contributed by atoms with Crippen molar-refractivity contribution >= 4 is 23.1 Å². The first-order valence-corrected chi connectivity index (χ1v) is 7.09. The fourth-order valence-corrected chi connectivity index (χ4v) is 3.49. The van der Waals surface area contributed by atoms with E-state index in [1.54, 1.807) is 17.4 Å². The lowest BCUT2D eigenvalue weighted by Gasteiger charge is -2.15. The molecule has 1 aromatic carbocycles. The van der Waals surface area contributed by atoms with Gasteiger partial charge in [-0.15, -0.1) is 11.3 Å². The van der Waals surface area contributed by atoms with Gasteiger partial charge in [0, 0.05) is 6.04 Å². The molecule has 1 N–H and O–H groups in total. The van der Waals surface area contributed by atoms with Gasteiger partial charge < -0.3 is 5.32 Å². The summed E-state index contributed by atoms with van der Waals surface area (Å²) in [6.45, 7) is 2.03. The van der Waals surface area contributed by atoms with E-state index >= 15 is 0 Å². The van der Waals surface area contributed by atoms with Crippen LogP contribution in [0.1, 0.15) is 18.5 Å². The molecule has 2 rings (SSSR count). The van der Waals surface area contributed by atoms with Crippen LogP contribution in [0.2, 0.25) is 0 Å². The third-order valence-electron chi connectivity index (χ3n) is 2.59. The topological polar surface area (TPSA) is 12.0 Å². The van der Waals surface area contributed by atoms with E-state index in [1.807, 2.05) is 37.6 Å². The Bertz CT molecular complexity index is 482. The van der Waals surface area contributed by atoms with E-state index in [-0.39, 0.29) is 11.9 Å². The zero-order valence-electron chi connectivity index (χ0n) is 9.74. The largest absolute Gasteiger partial charge is 0.313 e. The Morgan fingerprint density at radius 3 is 2.76 bits per heavy atom. The monoisotopic (exact) mass is 267 g/mol. The molecular weight excluding hydrogens is 253 g/mol. The molecule has 0 aliphatic carbocycles. The average molecular weight is 267 g/mol. The molecule has 17 heavy (non-hydrogen) atoms. The fraction of sp³-hybridized carbons (Fsp3) is 0.231. The Hall–Kier alpha value is -0.840. The molecule has 90 valence electrons. The second-order valence-electron chi connectivity index (χ2n) is 3.70. The Labute approximate surface area is 109 Å². The van der Waals surface area contributed by atoms with Gasteiger partial charge in [0.25, 0.3) is 0 Å². The number of halogens is 1. The summed E-state index contributed by atoms with van der Waals surface area (Å²) in [5.41, 5.74) is 1.01. The van der Waals surface area contributed by atoms with Gasteiger partial charge in [0.2, 0.25) is 0 Å². The first-order chi connectivity index (χ1) is 8.22. The van der Waals surface area contributed by atoms with Gasteiger partial charge in [0.15, 0.2) is 0 Å². The van der Waals surface area contributed by atoms with Crippen LogP contribution in [0.15, 0.2) is 44.8 Å². The molecule has 0 radical (unpaired) electrons. The molecule has 1 nitrogen and oxygen atoms in total. The van der Waals surface area contributed by atoms with E-state index in [9.17, 15) is 4.39 Å². The molecule has 0 fully saturated rings. The third-order valence-corrected chi connectivity index (χ3v) is 4.77. The van der Waals surface area contributed by atoms with Crippen LogP contribution in [0.4, 0.5) is 4.39 Å². The minimum absolute atomic E-state index is 0.146. The van der Waals surface area contributed by atoms with Crippen molar-refractivity contribution in [1.82, 2.24) is 5.32 Å². The zero-order valence-corrected chi connectivity index (χ0v) is 11.4. The molecule has 0 amide bonds. The van der Waals surface area contributed by atoms with Crippen molar-refractivity contribution in [3.8, 4) is 0 Å². The highest BCUT2D eigenvalue weighted by atomic mass is 32.2. The summed E-state index contributed by atoms with van der Waals surface area (Å²) in [5, 5.41) is 5.16. The Balaban J connectivity index is 2.37. The van der Waals surface area contributed by atoms with E-state index in [0.29, 0.717) is 0 Å². The molecular formula is C13H14FNS2. The van der Waals surface area contributed by atoms with Crippen molar-refractivity contribution < 1.29 is 4.39 Å². The summed E-state index contributed by atoms with van der Waals surface area (Å²) >= 11 is 3.13. The summed E-state index contributed by atoms with van der Waals surface area (Å²) in [6, 6.07) is 9.39. The second kappa shape index (κ2) is 5.67. The van der Waals surface area contributed by atoms with Gasteiger partial charge in [-0.2, -0.15) is 0 Å². The van der Waals surface area contributed by atoms with Gasteiger partial charge in [-0.05, 0) is 37.0 Å². The maximum absolute atomic E-state index is 13.9. The third kappa shape index (κ3) is 2.89. The number of nitrogens with one attached hydrogen (secondary N) is 1. The zero-order chi connectivity index (χ0) is 12.3. The molecule has 2 aromatic rings. The molecule has 0 aliphatic rings. The van der Waals surface area contributed by atoms with Crippen LogP contribution in [0.5, 0.6) is 0 Å². The first kappa shape index (κ1) is 12.6. The number of hydrogen-bond acceptors (Lipinski definition) is 3. The maximum atomic E-state index is 13.9. The fourth-order valence-electron chi connectivity index (χ4n) is 1.55. The van der Waals surface area contributed by atoms with E-state index in [2.05, 4.69) is 5.32 Å². The first-order valence-electron chi connectivity index (χ1n) is 5.39. The van der Waals surface area contributed by atoms with Gasteiger partial charge in [-0.25, -0.2) is 4.39 Å². The molecule has 4 heteroatoms. The summed E-state index contributed by atoms with van der Waals surface area (Å²) in [4.78, 5) is 0.719. The summed E-state index contributed by atoms with van der Waals surface area (Å²) in [5.74, 6) is -0.150. The number of hydrogen-bond donors (Lipinski definition) is 1. The van der Waals surface area contributed by atoms with Crippen molar-refractivity contribution in [2.75, 3.05) is 7.05 Å². The Kier molecular flexibility index (Phi) is 4.20. The quantitative estimate of drug-likeness (QED) is 0.885. The Morgan fingerprint density at radius 2 is 2.12 bits per heavy atom. The van der Waals surface area contributed by atoms with Gasteiger partial charge in [0.1, 0.15) is 5.82 Å². The predicted molar refractivity (Wildman–Crippen MR) is 72.3 cm³/mol. The van der Waals surface area contributed by atoms with E-state index in [0.717, 1.165) is 14.7 Å². The van der Waals surface area contributed by atoms with Crippen molar-refractivity contribution in [2.45, 2.75) is 22.1 Å². The standard InChI is InChI=1S/C13H14FNS2/c1-9(15-2)10-5-3-6-11(14)13(10)17-12-7-4-8-16-12/h3-9,15H,1-2H3. The number of benzene rings is 1. The number of thiophene rings is 1. The minimum atomic E-state index is -0.150. The summed E-state index contributed by atoms with van der Waals surface area (Å²) in [7, 11) is 1.88. The summed E-state index contributed by atoms with van der Waals surface area (Å²) in [6.07, 6.45) is 0. The molecule has 0 bridgehead atoms. The van der Waals surface area contributed by atoms with Crippen LogP contribution >= 0.6 is 23.1 Å². The van der Waals surface area contributed by atoms with Gasteiger partial charge in [0.05, 0.1) is 9.10 Å². The molecule has 0 spiro atoms. The van der Waals surface area contributed by atoms with Crippen molar-refractivity contribution in [3.63, 3.8) is 0 Å².